The highest BCUT2D eigenvalue weighted by molar-refractivity contribution is 9.11. The lowest BCUT2D eigenvalue weighted by molar-refractivity contribution is 0.238. The Morgan fingerprint density at radius 3 is 2.32 bits per heavy atom. The molecule has 1 aliphatic heterocycles. The molecular weight excluding hydrogens is 368 g/mol. The topological polar surface area (TPSA) is 15.3 Å². The second-order valence-corrected chi connectivity index (χ2v) is 8.11. The fraction of sp³-hybridized carbons (Fsp3) is 0.600. The van der Waals surface area contributed by atoms with Crippen LogP contribution in [0.1, 0.15) is 27.7 Å². The number of halogens is 2. The van der Waals surface area contributed by atoms with Gasteiger partial charge in [-0.1, -0.05) is 26.8 Å². The average molecular weight is 390 g/mol. The molecule has 0 amide bonds. The maximum Gasteiger partial charge on any atom is 0.0658 e. The number of rotatable bonds is 1. The van der Waals surface area contributed by atoms with Crippen LogP contribution in [0.4, 0.5) is 5.69 Å². The highest BCUT2D eigenvalue weighted by atomic mass is 79.9. The van der Waals surface area contributed by atoms with Crippen LogP contribution in [-0.2, 0) is 0 Å². The molecule has 2 unspecified atom stereocenters. The van der Waals surface area contributed by atoms with Gasteiger partial charge in [0.25, 0.3) is 0 Å². The standard InChI is InChI=1S/C15H22Br2N2/c1-10-8-18-13(15(2,3)4)9-19(10)14-11(16)6-5-7-12(14)17/h5-7,10,13,18H,8-9H2,1-4H3. The third kappa shape index (κ3) is 3.34. The lowest BCUT2D eigenvalue weighted by Crippen LogP contribution is -2.59. The van der Waals surface area contributed by atoms with Crippen molar-refractivity contribution in [1.82, 2.24) is 5.32 Å². The van der Waals surface area contributed by atoms with E-state index >= 15 is 0 Å². The predicted octanol–water partition coefficient (Wildman–Crippen LogP) is 4.42. The Morgan fingerprint density at radius 1 is 1.21 bits per heavy atom. The highest BCUT2D eigenvalue weighted by Crippen LogP contribution is 2.37. The Bertz CT molecular complexity index is 434. The van der Waals surface area contributed by atoms with Gasteiger partial charge in [-0.25, -0.2) is 0 Å². The quantitative estimate of drug-likeness (QED) is 0.764. The van der Waals surface area contributed by atoms with Gasteiger partial charge in [0.1, 0.15) is 0 Å². The van der Waals surface area contributed by atoms with Gasteiger partial charge in [-0.05, 0) is 56.3 Å². The van der Waals surface area contributed by atoms with E-state index in [1.54, 1.807) is 0 Å². The van der Waals surface area contributed by atoms with Gasteiger partial charge in [-0.3, -0.25) is 0 Å². The Kier molecular flexibility index (Phi) is 4.63. The fourth-order valence-corrected chi connectivity index (χ4v) is 3.97. The first-order chi connectivity index (χ1) is 8.80. The van der Waals surface area contributed by atoms with E-state index in [9.17, 15) is 0 Å². The van der Waals surface area contributed by atoms with Crippen LogP contribution in [0, 0.1) is 5.41 Å². The van der Waals surface area contributed by atoms with Crippen LogP contribution in [0.15, 0.2) is 27.1 Å². The van der Waals surface area contributed by atoms with E-state index in [0.717, 1.165) is 22.0 Å². The number of nitrogens with one attached hydrogen (secondary N) is 1. The maximum atomic E-state index is 3.69. The first-order valence-electron chi connectivity index (χ1n) is 6.74. The van der Waals surface area contributed by atoms with E-state index in [0.29, 0.717) is 12.1 Å². The van der Waals surface area contributed by atoms with Gasteiger partial charge in [0.2, 0.25) is 0 Å². The number of hydrogen-bond acceptors (Lipinski definition) is 2. The summed E-state index contributed by atoms with van der Waals surface area (Å²) >= 11 is 7.38. The minimum atomic E-state index is 0.270. The lowest BCUT2D eigenvalue weighted by Gasteiger charge is -2.45. The Morgan fingerprint density at radius 2 is 1.79 bits per heavy atom. The summed E-state index contributed by atoms with van der Waals surface area (Å²) in [7, 11) is 0. The normalized spacial score (nSPS) is 24.6. The minimum Gasteiger partial charge on any atom is -0.364 e. The first kappa shape index (κ1) is 15.3. The molecule has 0 bridgehead atoms. The summed E-state index contributed by atoms with van der Waals surface area (Å²) in [5.74, 6) is 0. The highest BCUT2D eigenvalue weighted by Gasteiger charge is 2.33. The minimum absolute atomic E-state index is 0.270. The molecule has 106 valence electrons. The SMILES string of the molecule is CC1CNC(C(C)(C)C)CN1c1c(Br)cccc1Br. The number of para-hydroxylation sites is 1. The number of nitrogens with zero attached hydrogens (tertiary/aromatic N) is 1. The van der Waals surface area contributed by atoms with Gasteiger partial charge in [-0.15, -0.1) is 0 Å². The van der Waals surface area contributed by atoms with Crippen molar-refractivity contribution in [3.63, 3.8) is 0 Å². The zero-order valence-electron chi connectivity index (χ0n) is 12.0. The largest absolute Gasteiger partial charge is 0.364 e. The lowest BCUT2D eigenvalue weighted by atomic mass is 9.84. The summed E-state index contributed by atoms with van der Waals surface area (Å²) in [5, 5.41) is 3.68. The molecular formula is C15H22Br2N2. The monoisotopic (exact) mass is 388 g/mol. The number of benzene rings is 1. The van der Waals surface area contributed by atoms with Crippen LogP contribution in [-0.4, -0.2) is 25.2 Å². The van der Waals surface area contributed by atoms with Crippen molar-refractivity contribution in [2.75, 3.05) is 18.0 Å². The summed E-state index contributed by atoms with van der Waals surface area (Å²) in [6.45, 7) is 11.2. The molecule has 1 saturated heterocycles. The predicted molar refractivity (Wildman–Crippen MR) is 89.9 cm³/mol. The second kappa shape index (κ2) is 5.74. The van der Waals surface area contributed by atoms with Crippen molar-refractivity contribution in [3.05, 3.63) is 27.1 Å². The molecule has 19 heavy (non-hydrogen) atoms. The molecule has 1 aromatic carbocycles. The molecule has 4 heteroatoms. The molecule has 0 aromatic heterocycles. The van der Waals surface area contributed by atoms with Crippen molar-refractivity contribution in [1.29, 1.82) is 0 Å². The Balaban J connectivity index is 2.32. The smallest absolute Gasteiger partial charge is 0.0658 e. The molecule has 1 aliphatic rings. The molecule has 2 atom stereocenters. The molecule has 2 nitrogen and oxygen atoms in total. The van der Waals surface area contributed by atoms with Crippen LogP contribution >= 0.6 is 31.9 Å². The van der Waals surface area contributed by atoms with Crippen molar-refractivity contribution in [2.45, 2.75) is 39.8 Å². The van der Waals surface area contributed by atoms with Gasteiger partial charge >= 0.3 is 0 Å². The van der Waals surface area contributed by atoms with Gasteiger partial charge in [-0.2, -0.15) is 0 Å². The summed E-state index contributed by atoms with van der Waals surface area (Å²) in [5.41, 5.74) is 1.54. The van der Waals surface area contributed by atoms with E-state index in [-0.39, 0.29) is 5.41 Å². The van der Waals surface area contributed by atoms with Gasteiger partial charge < -0.3 is 10.2 Å². The van der Waals surface area contributed by atoms with Gasteiger partial charge in [0, 0.05) is 34.1 Å². The molecule has 0 saturated carbocycles. The van der Waals surface area contributed by atoms with E-state index in [4.69, 9.17) is 0 Å². The maximum absolute atomic E-state index is 3.69. The number of anilines is 1. The molecule has 1 N–H and O–H groups in total. The first-order valence-corrected chi connectivity index (χ1v) is 8.33. The molecule has 0 radical (unpaired) electrons. The van der Waals surface area contributed by atoms with Gasteiger partial charge in [0.05, 0.1) is 5.69 Å². The van der Waals surface area contributed by atoms with Crippen molar-refractivity contribution in [3.8, 4) is 0 Å². The third-order valence-electron chi connectivity index (χ3n) is 3.84. The van der Waals surface area contributed by atoms with Crippen LogP contribution in [0.25, 0.3) is 0 Å². The number of hydrogen-bond donors (Lipinski definition) is 1. The van der Waals surface area contributed by atoms with Crippen molar-refractivity contribution in [2.24, 2.45) is 5.41 Å². The van der Waals surface area contributed by atoms with Crippen LogP contribution in [0.2, 0.25) is 0 Å². The number of piperazine rings is 1. The summed E-state index contributed by atoms with van der Waals surface area (Å²) < 4.78 is 2.31. The van der Waals surface area contributed by atoms with Gasteiger partial charge in [0.15, 0.2) is 0 Å². The summed E-state index contributed by atoms with van der Waals surface area (Å²) in [4.78, 5) is 2.50. The molecule has 0 aliphatic carbocycles. The summed E-state index contributed by atoms with van der Waals surface area (Å²) in [6, 6.07) is 7.28. The van der Waals surface area contributed by atoms with E-state index in [1.165, 1.54) is 5.69 Å². The Labute approximate surface area is 133 Å². The zero-order chi connectivity index (χ0) is 14.2. The van der Waals surface area contributed by atoms with E-state index in [2.05, 4.69) is 88.0 Å². The van der Waals surface area contributed by atoms with E-state index < -0.39 is 0 Å². The van der Waals surface area contributed by atoms with Crippen LogP contribution in [0.5, 0.6) is 0 Å². The molecule has 1 aromatic rings. The third-order valence-corrected chi connectivity index (χ3v) is 5.12. The van der Waals surface area contributed by atoms with Crippen LogP contribution in [0.3, 0.4) is 0 Å². The average Bonchev–Trinajstić information content (AvgIpc) is 2.29. The second-order valence-electron chi connectivity index (χ2n) is 6.40. The van der Waals surface area contributed by atoms with Crippen LogP contribution < -0.4 is 10.2 Å². The molecule has 0 spiro atoms. The van der Waals surface area contributed by atoms with Crippen molar-refractivity contribution >= 4 is 37.5 Å². The molecule has 1 fully saturated rings. The zero-order valence-corrected chi connectivity index (χ0v) is 15.2. The van der Waals surface area contributed by atoms with E-state index in [1.807, 2.05) is 0 Å². The molecule has 1 heterocycles. The fourth-order valence-electron chi connectivity index (χ4n) is 2.52. The van der Waals surface area contributed by atoms with Crippen molar-refractivity contribution < 1.29 is 0 Å². The Hall–Kier alpha value is -0.0600. The molecule has 2 rings (SSSR count). The summed E-state index contributed by atoms with van der Waals surface area (Å²) in [6.07, 6.45) is 0.